The summed E-state index contributed by atoms with van der Waals surface area (Å²) in [7, 11) is 0. The molecule has 8 heteroatoms. The molecule has 0 unspecified atom stereocenters. The molecule has 4 aromatic rings. The number of nitrogens with one attached hydrogen (secondary N) is 1. The van der Waals surface area contributed by atoms with Gasteiger partial charge in [0, 0.05) is 31.9 Å². The van der Waals surface area contributed by atoms with Crippen molar-refractivity contribution in [1.29, 1.82) is 0 Å². The number of amides is 1. The summed E-state index contributed by atoms with van der Waals surface area (Å²) >= 11 is 1.41. The quantitative estimate of drug-likeness (QED) is 0.515. The van der Waals surface area contributed by atoms with E-state index in [4.69, 9.17) is 4.42 Å². The lowest BCUT2D eigenvalue weighted by Gasteiger charge is -2.37. The lowest BCUT2D eigenvalue weighted by molar-refractivity contribution is 0.0951. The molecule has 1 aliphatic rings. The molecule has 0 spiro atoms. The number of hydrogen-bond acceptors (Lipinski definition) is 7. The SMILES string of the molecule is Cc1c(C(=O)NCc2ccco2)sc2ncnc(N3CCN(c4ccccc4)CC3)c12. The molecule has 4 heterocycles. The van der Waals surface area contributed by atoms with Crippen LogP contribution in [0.25, 0.3) is 10.2 Å². The van der Waals surface area contributed by atoms with Crippen molar-refractivity contribution in [1.82, 2.24) is 15.3 Å². The van der Waals surface area contributed by atoms with Crippen LogP contribution < -0.4 is 15.1 Å². The van der Waals surface area contributed by atoms with Crippen LogP contribution in [0.2, 0.25) is 0 Å². The summed E-state index contributed by atoms with van der Waals surface area (Å²) in [5.74, 6) is 1.53. The van der Waals surface area contributed by atoms with Gasteiger partial charge in [0.05, 0.1) is 23.1 Å². The molecule has 0 atom stereocenters. The molecule has 31 heavy (non-hydrogen) atoms. The zero-order valence-corrected chi connectivity index (χ0v) is 18.1. The van der Waals surface area contributed by atoms with E-state index in [0.717, 1.165) is 53.5 Å². The van der Waals surface area contributed by atoms with E-state index >= 15 is 0 Å². The Balaban J connectivity index is 1.36. The van der Waals surface area contributed by atoms with E-state index in [2.05, 4.69) is 49.4 Å². The van der Waals surface area contributed by atoms with E-state index in [1.165, 1.54) is 17.0 Å². The maximum atomic E-state index is 12.8. The average molecular weight is 434 g/mol. The molecule has 0 saturated carbocycles. The summed E-state index contributed by atoms with van der Waals surface area (Å²) < 4.78 is 5.30. The molecule has 0 aliphatic carbocycles. The van der Waals surface area contributed by atoms with E-state index in [0.29, 0.717) is 11.4 Å². The number of para-hydroxylation sites is 1. The van der Waals surface area contributed by atoms with Crippen LogP contribution in [-0.4, -0.2) is 42.1 Å². The second kappa shape index (κ2) is 8.39. The van der Waals surface area contributed by atoms with Crippen molar-refractivity contribution in [3.8, 4) is 0 Å². The van der Waals surface area contributed by atoms with Gasteiger partial charge in [-0.15, -0.1) is 11.3 Å². The average Bonchev–Trinajstić information content (AvgIpc) is 3.46. The van der Waals surface area contributed by atoms with Crippen molar-refractivity contribution in [2.24, 2.45) is 0 Å². The molecule has 1 saturated heterocycles. The van der Waals surface area contributed by atoms with Gasteiger partial charge in [-0.1, -0.05) is 18.2 Å². The van der Waals surface area contributed by atoms with Crippen molar-refractivity contribution >= 4 is 39.0 Å². The summed E-state index contributed by atoms with van der Waals surface area (Å²) in [5.41, 5.74) is 2.18. The monoisotopic (exact) mass is 433 g/mol. The van der Waals surface area contributed by atoms with Crippen LogP contribution in [0, 0.1) is 6.92 Å². The van der Waals surface area contributed by atoms with Crippen molar-refractivity contribution in [2.45, 2.75) is 13.5 Å². The van der Waals surface area contributed by atoms with Crippen molar-refractivity contribution in [2.75, 3.05) is 36.0 Å². The van der Waals surface area contributed by atoms with Crippen LogP contribution >= 0.6 is 11.3 Å². The van der Waals surface area contributed by atoms with Gasteiger partial charge in [-0.3, -0.25) is 4.79 Å². The zero-order valence-electron chi connectivity index (χ0n) is 17.2. The minimum absolute atomic E-state index is 0.114. The van der Waals surface area contributed by atoms with Crippen LogP contribution in [0.3, 0.4) is 0 Å². The summed E-state index contributed by atoms with van der Waals surface area (Å²) in [6, 6.07) is 14.1. The molecule has 1 fully saturated rings. The van der Waals surface area contributed by atoms with Gasteiger partial charge in [-0.2, -0.15) is 0 Å². The number of piperazine rings is 1. The second-order valence-corrected chi connectivity index (χ2v) is 8.50. The predicted molar refractivity (Wildman–Crippen MR) is 123 cm³/mol. The Morgan fingerprint density at radius 2 is 1.84 bits per heavy atom. The molecule has 0 bridgehead atoms. The summed E-state index contributed by atoms with van der Waals surface area (Å²) in [4.78, 5) is 28.1. The number of benzene rings is 1. The molecule has 1 N–H and O–H groups in total. The third-order valence-corrected chi connectivity index (χ3v) is 6.82. The van der Waals surface area contributed by atoms with Gasteiger partial charge < -0.3 is 19.5 Å². The highest BCUT2D eigenvalue weighted by atomic mass is 32.1. The number of anilines is 2. The normalized spacial score (nSPS) is 14.2. The van der Waals surface area contributed by atoms with Crippen LogP contribution in [0.5, 0.6) is 0 Å². The molecule has 158 valence electrons. The molecule has 5 rings (SSSR count). The Labute approximate surface area is 184 Å². The topological polar surface area (TPSA) is 74.5 Å². The van der Waals surface area contributed by atoms with Gasteiger partial charge in [0.1, 0.15) is 22.7 Å². The Hall–Kier alpha value is -3.39. The van der Waals surface area contributed by atoms with Crippen LogP contribution in [-0.2, 0) is 6.54 Å². The number of thiophene rings is 1. The van der Waals surface area contributed by atoms with Gasteiger partial charge in [0.15, 0.2) is 0 Å². The maximum absolute atomic E-state index is 12.8. The molecule has 3 aromatic heterocycles. The second-order valence-electron chi connectivity index (χ2n) is 7.51. The molecular formula is C23H23N5O2S. The molecule has 1 aromatic carbocycles. The third kappa shape index (κ3) is 3.86. The molecule has 0 radical (unpaired) electrons. The number of rotatable bonds is 5. The lowest BCUT2D eigenvalue weighted by Crippen LogP contribution is -2.46. The van der Waals surface area contributed by atoms with Crippen LogP contribution in [0.1, 0.15) is 21.0 Å². The van der Waals surface area contributed by atoms with Crippen molar-refractivity contribution in [3.05, 3.63) is 71.3 Å². The number of fused-ring (bicyclic) bond motifs is 1. The number of carbonyl (C=O) groups is 1. The van der Waals surface area contributed by atoms with Gasteiger partial charge >= 0.3 is 0 Å². The minimum Gasteiger partial charge on any atom is -0.467 e. The van der Waals surface area contributed by atoms with Crippen molar-refractivity contribution in [3.63, 3.8) is 0 Å². The van der Waals surface area contributed by atoms with Gasteiger partial charge in [0.25, 0.3) is 5.91 Å². The van der Waals surface area contributed by atoms with Gasteiger partial charge in [-0.25, -0.2) is 9.97 Å². The largest absolute Gasteiger partial charge is 0.467 e. The molecule has 1 aliphatic heterocycles. The minimum atomic E-state index is -0.114. The first kappa shape index (κ1) is 19.6. The molecular weight excluding hydrogens is 410 g/mol. The number of hydrogen-bond donors (Lipinski definition) is 1. The van der Waals surface area contributed by atoms with Gasteiger partial charge in [0.2, 0.25) is 0 Å². The van der Waals surface area contributed by atoms with Gasteiger partial charge in [-0.05, 0) is 36.8 Å². The highest BCUT2D eigenvalue weighted by Gasteiger charge is 2.24. The Morgan fingerprint density at radius 1 is 1.06 bits per heavy atom. The number of carbonyl (C=O) groups excluding carboxylic acids is 1. The summed E-state index contributed by atoms with van der Waals surface area (Å²) in [5, 5.41) is 3.91. The number of nitrogens with zero attached hydrogens (tertiary/aromatic N) is 4. The zero-order chi connectivity index (χ0) is 21.2. The first-order chi connectivity index (χ1) is 15.2. The highest BCUT2D eigenvalue weighted by molar-refractivity contribution is 7.20. The summed E-state index contributed by atoms with van der Waals surface area (Å²) in [6.45, 7) is 5.93. The first-order valence-corrected chi connectivity index (χ1v) is 11.1. The molecule has 7 nitrogen and oxygen atoms in total. The third-order valence-electron chi connectivity index (χ3n) is 5.62. The summed E-state index contributed by atoms with van der Waals surface area (Å²) in [6.07, 6.45) is 3.20. The number of aromatic nitrogens is 2. The van der Waals surface area contributed by atoms with E-state index in [-0.39, 0.29) is 5.91 Å². The van der Waals surface area contributed by atoms with Crippen LogP contribution in [0.15, 0.2) is 59.5 Å². The van der Waals surface area contributed by atoms with E-state index in [9.17, 15) is 4.79 Å². The van der Waals surface area contributed by atoms with E-state index in [1.807, 2.05) is 25.1 Å². The fourth-order valence-corrected chi connectivity index (χ4v) is 5.05. The number of furan rings is 1. The Kier molecular flexibility index (Phi) is 5.30. The fourth-order valence-electron chi connectivity index (χ4n) is 3.99. The first-order valence-electron chi connectivity index (χ1n) is 10.3. The highest BCUT2D eigenvalue weighted by Crippen LogP contribution is 2.35. The standard InChI is InChI=1S/C23H23N5O2S/c1-16-19-21(28-11-9-27(10-12-28)17-6-3-2-4-7-17)25-15-26-23(19)31-20(16)22(29)24-14-18-8-5-13-30-18/h2-8,13,15H,9-12,14H2,1H3,(H,24,29). The predicted octanol–water partition coefficient (Wildman–Crippen LogP) is 3.85. The molecule has 1 amide bonds. The smallest absolute Gasteiger partial charge is 0.262 e. The van der Waals surface area contributed by atoms with Crippen molar-refractivity contribution < 1.29 is 9.21 Å². The number of aryl methyl sites for hydroxylation is 1. The van der Waals surface area contributed by atoms with E-state index in [1.54, 1.807) is 12.6 Å². The Morgan fingerprint density at radius 3 is 2.58 bits per heavy atom. The fraction of sp³-hybridized carbons (Fsp3) is 0.261. The maximum Gasteiger partial charge on any atom is 0.262 e. The van der Waals surface area contributed by atoms with Crippen LogP contribution in [0.4, 0.5) is 11.5 Å². The lowest BCUT2D eigenvalue weighted by atomic mass is 10.1. The Bertz CT molecular complexity index is 1180. The van der Waals surface area contributed by atoms with E-state index < -0.39 is 0 Å².